The van der Waals surface area contributed by atoms with Gasteiger partial charge < -0.3 is 14.8 Å². The lowest BCUT2D eigenvalue weighted by atomic mass is 10.1. The summed E-state index contributed by atoms with van der Waals surface area (Å²) in [5.41, 5.74) is 2.07. The second kappa shape index (κ2) is 5.97. The largest absolute Gasteiger partial charge is 0.497 e. The lowest BCUT2D eigenvalue weighted by Gasteiger charge is -2.03. The third kappa shape index (κ3) is 3.23. The fraction of sp³-hybridized carbons (Fsp3) is 0.235. The van der Waals surface area contributed by atoms with Gasteiger partial charge in [0.1, 0.15) is 11.9 Å². The number of carbonyl (C=O) groups is 1. The summed E-state index contributed by atoms with van der Waals surface area (Å²) < 4.78 is 10.6. The van der Waals surface area contributed by atoms with E-state index in [1.54, 1.807) is 7.11 Å². The number of epoxide rings is 1. The molecule has 3 rings (SSSR count). The van der Waals surface area contributed by atoms with Crippen LogP contribution < -0.4 is 10.1 Å². The molecule has 1 amide bonds. The van der Waals surface area contributed by atoms with Gasteiger partial charge in [0.15, 0.2) is 6.10 Å². The van der Waals surface area contributed by atoms with E-state index < -0.39 is 0 Å². The third-order valence-corrected chi connectivity index (χ3v) is 3.50. The van der Waals surface area contributed by atoms with Crippen molar-refractivity contribution in [2.75, 3.05) is 7.11 Å². The Labute approximate surface area is 123 Å². The van der Waals surface area contributed by atoms with Crippen LogP contribution in [0.25, 0.3) is 0 Å². The zero-order chi connectivity index (χ0) is 14.7. The van der Waals surface area contributed by atoms with Gasteiger partial charge in [0.2, 0.25) is 0 Å². The molecule has 0 bridgehead atoms. The van der Waals surface area contributed by atoms with Crippen LogP contribution in [-0.2, 0) is 16.1 Å². The first-order valence-corrected chi connectivity index (χ1v) is 6.89. The van der Waals surface area contributed by atoms with E-state index in [9.17, 15) is 4.79 Å². The predicted molar refractivity (Wildman–Crippen MR) is 78.9 cm³/mol. The van der Waals surface area contributed by atoms with Gasteiger partial charge in [-0.05, 0) is 23.3 Å². The average Bonchev–Trinajstić information content (AvgIpc) is 3.34. The molecule has 1 fully saturated rings. The molecule has 0 radical (unpaired) electrons. The molecule has 1 aliphatic rings. The van der Waals surface area contributed by atoms with Crippen LogP contribution in [0, 0.1) is 0 Å². The number of methoxy groups -OCH3 is 1. The van der Waals surface area contributed by atoms with Crippen molar-refractivity contribution < 1.29 is 14.3 Å². The molecule has 1 N–H and O–H groups in total. The molecule has 0 saturated carbocycles. The maximum atomic E-state index is 12.0. The normalized spacial score (nSPS) is 19.9. The minimum absolute atomic E-state index is 0.0697. The molecule has 0 aromatic heterocycles. The zero-order valence-electron chi connectivity index (χ0n) is 11.8. The molecule has 0 aliphatic carbocycles. The van der Waals surface area contributed by atoms with E-state index >= 15 is 0 Å². The highest BCUT2D eigenvalue weighted by Crippen LogP contribution is 2.39. The molecule has 0 unspecified atom stereocenters. The molecule has 2 aromatic carbocycles. The van der Waals surface area contributed by atoms with Crippen LogP contribution in [0.3, 0.4) is 0 Å². The van der Waals surface area contributed by atoms with Crippen molar-refractivity contribution in [1.29, 1.82) is 0 Å². The summed E-state index contributed by atoms with van der Waals surface area (Å²) in [4.78, 5) is 12.0. The van der Waals surface area contributed by atoms with Crippen LogP contribution in [0.4, 0.5) is 0 Å². The standard InChI is InChI=1S/C17H17NO3/c1-20-14-9-7-13(8-10-14)15-16(21-15)17(19)18-11-12-5-3-2-4-6-12/h2-10,15-16H,11H2,1H3,(H,18,19)/t15-,16-/m1/s1. The maximum absolute atomic E-state index is 12.0. The Morgan fingerprint density at radius 2 is 1.86 bits per heavy atom. The van der Waals surface area contributed by atoms with Gasteiger partial charge >= 0.3 is 0 Å². The molecule has 1 saturated heterocycles. The molecule has 2 aromatic rings. The van der Waals surface area contributed by atoms with Crippen molar-refractivity contribution in [3.8, 4) is 5.75 Å². The predicted octanol–water partition coefficient (Wildman–Crippen LogP) is 2.45. The topological polar surface area (TPSA) is 50.9 Å². The van der Waals surface area contributed by atoms with Gasteiger partial charge in [0, 0.05) is 6.54 Å². The number of rotatable bonds is 5. The van der Waals surface area contributed by atoms with Gasteiger partial charge in [-0.15, -0.1) is 0 Å². The van der Waals surface area contributed by atoms with E-state index in [0.717, 1.165) is 16.9 Å². The summed E-state index contributed by atoms with van der Waals surface area (Å²) in [6, 6.07) is 17.4. The monoisotopic (exact) mass is 283 g/mol. The molecular weight excluding hydrogens is 266 g/mol. The Morgan fingerprint density at radius 3 is 2.52 bits per heavy atom. The second-order valence-electron chi connectivity index (χ2n) is 4.95. The third-order valence-electron chi connectivity index (χ3n) is 3.50. The number of nitrogens with one attached hydrogen (secondary N) is 1. The highest BCUT2D eigenvalue weighted by molar-refractivity contribution is 5.84. The summed E-state index contributed by atoms with van der Waals surface area (Å²) in [7, 11) is 1.63. The highest BCUT2D eigenvalue weighted by atomic mass is 16.6. The van der Waals surface area contributed by atoms with Crippen LogP contribution in [0.2, 0.25) is 0 Å². The van der Waals surface area contributed by atoms with Crippen LogP contribution in [-0.4, -0.2) is 19.1 Å². The van der Waals surface area contributed by atoms with Crippen molar-refractivity contribution in [1.82, 2.24) is 5.32 Å². The quantitative estimate of drug-likeness (QED) is 0.858. The summed E-state index contributed by atoms with van der Waals surface area (Å²) in [5, 5.41) is 2.89. The Hall–Kier alpha value is -2.33. The number of amides is 1. The zero-order valence-corrected chi connectivity index (χ0v) is 11.8. The molecule has 4 heteroatoms. The second-order valence-corrected chi connectivity index (χ2v) is 4.95. The van der Waals surface area contributed by atoms with Gasteiger partial charge in [-0.2, -0.15) is 0 Å². The van der Waals surface area contributed by atoms with Crippen molar-refractivity contribution in [3.63, 3.8) is 0 Å². The first kappa shape index (κ1) is 13.6. The molecule has 108 valence electrons. The lowest BCUT2D eigenvalue weighted by Crippen LogP contribution is -2.27. The first-order valence-electron chi connectivity index (χ1n) is 6.89. The van der Waals surface area contributed by atoms with Crippen LogP contribution in [0.15, 0.2) is 54.6 Å². The van der Waals surface area contributed by atoms with E-state index in [1.807, 2.05) is 54.6 Å². The van der Waals surface area contributed by atoms with Crippen molar-refractivity contribution in [2.24, 2.45) is 0 Å². The number of benzene rings is 2. The average molecular weight is 283 g/mol. The molecule has 0 spiro atoms. The summed E-state index contributed by atoms with van der Waals surface area (Å²) in [5.74, 6) is 0.726. The molecule has 4 nitrogen and oxygen atoms in total. The Bertz CT molecular complexity index is 610. The summed E-state index contributed by atoms with van der Waals surface area (Å²) in [6.45, 7) is 0.523. The Morgan fingerprint density at radius 1 is 1.14 bits per heavy atom. The number of hydrogen-bond acceptors (Lipinski definition) is 3. The fourth-order valence-electron chi connectivity index (χ4n) is 2.24. The summed E-state index contributed by atoms with van der Waals surface area (Å²) >= 11 is 0. The molecule has 2 atom stereocenters. The minimum Gasteiger partial charge on any atom is -0.497 e. The molecule has 21 heavy (non-hydrogen) atoms. The van der Waals surface area contributed by atoms with Crippen molar-refractivity contribution in [3.05, 3.63) is 65.7 Å². The van der Waals surface area contributed by atoms with E-state index in [-0.39, 0.29) is 18.1 Å². The van der Waals surface area contributed by atoms with Crippen LogP contribution in [0.1, 0.15) is 17.2 Å². The Balaban J connectivity index is 1.53. The summed E-state index contributed by atoms with van der Waals surface area (Å²) in [6.07, 6.45) is -0.534. The van der Waals surface area contributed by atoms with Gasteiger partial charge in [-0.1, -0.05) is 42.5 Å². The first-order chi connectivity index (χ1) is 10.3. The van der Waals surface area contributed by atoms with Gasteiger partial charge in [-0.25, -0.2) is 0 Å². The highest BCUT2D eigenvalue weighted by Gasteiger charge is 2.45. The lowest BCUT2D eigenvalue weighted by molar-refractivity contribution is -0.122. The van der Waals surface area contributed by atoms with E-state index in [0.29, 0.717) is 6.54 Å². The SMILES string of the molecule is COc1ccc([C@H]2O[C@H]2C(=O)NCc2ccccc2)cc1. The van der Waals surface area contributed by atoms with Gasteiger partial charge in [-0.3, -0.25) is 4.79 Å². The van der Waals surface area contributed by atoms with Gasteiger partial charge in [0.25, 0.3) is 5.91 Å². The number of ether oxygens (including phenoxy) is 2. The van der Waals surface area contributed by atoms with Crippen LogP contribution in [0.5, 0.6) is 5.75 Å². The Kier molecular flexibility index (Phi) is 3.88. The minimum atomic E-state index is -0.387. The fourth-order valence-corrected chi connectivity index (χ4v) is 2.24. The number of hydrogen-bond donors (Lipinski definition) is 1. The number of carbonyl (C=O) groups excluding carboxylic acids is 1. The van der Waals surface area contributed by atoms with E-state index in [2.05, 4.69) is 5.32 Å². The van der Waals surface area contributed by atoms with Crippen molar-refractivity contribution in [2.45, 2.75) is 18.8 Å². The van der Waals surface area contributed by atoms with E-state index in [4.69, 9.17) is 9.47 Å². The van der Waals surface area contributed by atoms with E-state index in [1.165, 1.54) is 0 Å². The maximum Gasteiger partial charge on any atom is 0.252 e. The molecule has 1 heterocycles. The smallest absolute Gasteiger partial charge is 0.252 e. The van der Waals surface area contributed by atoms with Crippen molar-refractivity contribution >= 4 is 5.91 Å². The molecular formula is C17H17NO3. The molecule has 1 aliphatic heterocycles. The van der Waals surface area contributed by atoms with Gasteiger partial charge in [0.05, 0.1) is 7.11 Å². The van der Waals surface area contributed by atoms with Crippen LogP contribution >= 0.6 is 0 Å².